The van der Waals surface area contributed by atoms with Gasteiger partial charge in [0.1, 0.15) is 15.6 Å². The van der Waals surface area contributed by atoms with Gasteiger partial charge in [-0.3, -0.25) is 4.79 Å². The number of halogens is 2. The van der Waals surface area contributed by atoms with Crippen molar-refractivity contribution >= 4 is 39.8 Å². The molecule has 1 aromatic heterocycles. The molecule has 0 amide bonds. The summed E-state index contributed by atoms with van der Waals surface area (Å²) in [5.74, 6) is 1.08. The Balaban J connectivity index is 2.27. The SMILES string of the molecule is Cc1nc(-c2ccc(OCC(C)C)c(Cl)c2)sc1C(=O)Cl. The topological polar surface area (TPSA) is 39.2 Å². The van der Waals surface area contributed by atoms with Crippen LogP contribution in [0.1, 0.15) is 29.2 Å². The van der Waals surface area contributed by atoms with Crippen LogP contribution in [0.25, 0.3) is 10.6 Å². The van der Waals surface area contributed by atoms with E-state index in [-0.39, 0.29) is 0 Å². The van der Waals surface area contributed by atoms with Crippen LogP contribution < -0.4 is 4.74 Å². The largest absolute Gasteiger partial charge is 0.492 e. The van der Waals surface area contributed by atoms with Crippen molar-refractivity contribution in [1.29, 1.82) is 0 Å². The zero-order valence-corrected chi connectivity index (χ0v) is 14.3. The molecule has 2 aromatic rings. The summed E-state index contributed by atoms with van der Waals surface area (Å²) in [7, 11) is 0. The van der Waals surface area contributed by atoms with E-state index in [1.165, 1.54) is 11.3 Å². The third-order valence-corrected chi connectivity index (χ3v) is 4.53. The van der Waals surface area contributed by atoms with E-state index in [1.807, 2.05) is 12.1 Å². The van der Waals surface area contributed by atoms with Crippen LogP contribution in [0.4, 0.5) is 0 Å². The number of carbonyl (C=O) groups excluding carboxylic acids is 1. The fraction of sp³-hybridized carbons (Fsp3) is 0.333. The summed E-state index contributed by atoms with van der Waals surface area (Å²) >= 11 is 13.0. The highest BCUT2D eigenvalue weighted by molar-refractivity contribution is 7.18. The van der Waals surface area contributed by atoms with Crippen LogP contribution in [-0.4, -0.2) is 16.8 Å². The van der Waals surface area contributed by atoms with Gasteiger partial charge < -0.3 is 4.74 Å². The van der Waals surface area contributed by atoms with Crippen molar-refractivity contribution in [3.05, 3.63) is 33.8 Å². The van der Waals surface area contributed by atoms with Gasteiger partial charge in [-0.1, -0.05) is 25.4 Å². The van der Waals surface area contributed by atoms with E-state index in [2.05, 4.69) is 18.8 Å². The van der Waals surface area contributed by atoms with Gasteiger partial charge in [-0.25, -0.2) is 4.98 Å². The Morgan fingerprint density at radius 1 is 1.43 bits per heavy atom. The molecule has 112 valence electrons. The highest BCUT2D eigenvalue weighted by atomic mass is 35.5. The molecule has 21 heavy (non-hydrogen) atoms. The first-order valence-electron chi connectivity index (χ1n) is 6.48. The van der Waals surface area contributed by atoms with Crippen LogP contribution in [0, 0.1) is 12.8 Å². The second-order valence-corrected chi connectivity index (χ2v) is 6.81. The lowest BCUT2D eigenvalue weighted by Gasteiger charge is -2.10. The molecule has 2 rings (SSSR count). The quantitative estimate of drug-likeness (QED) is 0.701. The van der Waals surface area contributed by atoms with E-state index < -0.39 is 5.24 Å². The van der Waals surface area contributed by atoms with E-state index in [1.54, 1.807) is 13.0 Å². The van der Waals surface area contributed by atoms with E-state index in [0.29, 0.717) is 38.9 Å². The van der Waals surface area contributed by atoms with Gasteiger partial charge >= 0.3 is 0 Å². The molecule has 0 spiro atoms. The highest BCUT2D eigenvalue weighted by Crippen LogP contribution is 2.34. The average Bonchev–Trinajstić information content (AvgIpc) is 2.79. The number of carbonyl (C=O) groups is 1. The Hall–Kier alpha value is -1.10. The number of nitrogens with zero attached hydrogens (tertiary/aromatic N) is 1. The normalized spacial score (nSPS) is 11.0. The molecule has 1 aromatic carbocycles. The predicted molar refractivity (Wildman–Crippen MR) is 87.8 cm³/mol. The number of ether oxygens (including phenoxy) is 1. The maximum atomic E-state index is 11.3. The Bertz CT molecular complexity index is 668. The minimum Gasteiger partial charge on any atom is -0.492 e. The van der Waals surface area contributed by atoms with E-state index in [4.69, 9.17) is 27.9 Å². The lowest BCUT2D eigenvalue weighted by atomic mass is 10.2. The van der Waals surface area contributed by atoms with Gasteiger partial charge in [-0.05, 0) is 42.6 Å². The monoisotopic (exact) mass is 343 g/mol. The van der Waals surface area contributed by atoms with Crippen molar-refractivity contribution in [2.75, 3.05) is 6.61 Å². The molecular formula is C15H15Cl2NO2S. The second-order valence-electron chi connectivity index (χ2n) is 5.06. The Labute approximate surface area is 137 Å². The summed E-state index contributed by atoms with van der Waals surface area (Å²) < 4.78 is 5.63. The van der Waals surface area contributed by atoms with Crippen LogP contribution in [-0.2, 0) is 0 Å². The molecule has 6 heteroatoms. The predicted octanol–water partition coefficient (Wildman–Crippen LogP) is 5.19. The molecule has 3 nitrogen and oxygen atoms in total. The summed E-state index contributed by atoms with van der Waals surface area (Å²) in [5.41, 5.74) is 1.47. The van der Waals surface area contributed by atoms with Crippen molar-refractivity contribution in [3.8, 4) is 16.3 Å². The van der Waals surface area contributed by atoms with Crippen molar-refractivity contribution in [1.82, 2.24) is 4.98 Å². The fourth-order valence-corrected chi connectivity index (χ4v) is 3.09. The minimum atomic E-state index is -0.487. The average molecular weight is 344 g/mol. The first kappa shape index (κ1) is 16.3. The van der Waals surface area contributed by atoms with Gasteiger partial charge in [0, 0.05) is 5.56 Å². The smallest absolute Gasteiger partial charge is 0.264 e. The number of benzene rings is 1. The number of hydrogen-bond acceptors (Lipinski definition) is 4. The molecule has 0 fully saturated rings. The number of aryl methyl sites for hydroxylation is 1. The van der Waals surface area contributed by atoms with Gasteiger partial charge in [0.15, 0.2) is 0 Å². The van der Waals surface area contributed by atoms with Crippen LogP contribution in [0.5, 0.6) is 5.75 Å². The molecule has 0 aliphatic heterocycles. The second kappa shape index (κ2) is 6.77. The number of aromatic nitrogens is 1. The molecule has 0 saturated carbocycles. The van der Waals surface area contributed by atoms with E-state index in [9.17, 15) is 4.79 Å². The lowest BCUT2D eigenvalue weighted by Crippen LogP contribution is -2.04. The molecule has 0 aliphatic carbocycles. The molecule has 0 radical (unpaired) electrons. The summed E-state index contributed by atoms with van der Waals surface area (Å²) in [5, 5.41) is 0.757. The number of rotatable bonds is 5. The molecule has 0 aliphatic rings. The van der Waals surface area contributed by atoms with Crippen LogP contribution in [0.3, 0.4) is 0 Å². The molecule has 0 saturated heterocycles. The maximum Gasteiger partial charge on any atom is 0.264 e. The summed E-state index contributed by atoms with van der Waals surface area (Å²) in [4.78, 5) is 16.1. The zero-order chi connectivity index (χ0) is 15.6. The molecular weight excluding hydrogens is 329 g/mol. The Kier molecular flexibility index (Phi) is 5.25. The molecule has 0 atom stereocenters. The number of hydrogen-bond donors (Lipinski definition) is 0. The van der Waals surface area contributed by atoms with Gasteiger partial charge in [-0.15, -0.1) is 11.3 Å². The molecule has 0 bridgehead atoms. The Morgan fingerprint density at radius 2 is 2.14 bits per heavy atom. The van der Waals surface area contributed by atoms with Gasteiger partial charge in [-0.2, -0.15) is 0 Å². The third-order valence-electron chi connectivity index (χ3n) is 2.73. The van der Waals surface area contributed by atoms with Gasteiger partial charge in [0.25, 0.3) is 5.24 Å². The van der Waals surface area contributed by atoms with E-state index >= 15 is 0 Å². The fourth-order valence-electron chi connectivity index (χ4n) is 1.71. The standard InChI is InChI=1S/C15H15Cl2NO2S/c1-8(2)7-20-12-5-4-10(6-11(12)16)15-18-9(3)13(21-15)14(17)19/h4-6,8H,7H2,1-3H3. The highest BCUT2D eigenvalue weighted by Gasteiger charge is 2.15. The molecule has 1 heterocycles. The molecule has 0 unspecified atom stereocenters. The third kappa shape index (κ3) is 3.96. The van der Waals surface area contributed by atoms with Gasteiger partial charge in [0.05, 0.1) is 17.3 Å². The maximum absolute atomic E-state index is 11.3. The zero-order valence-electron chi connectivity index (χ0n) is 11.9. The van der Waals surface area contributed by atoms with Crippen molar-refractivity contribution in [2.45, 2.75) is 20.8 Å². The first-order chi connectivity index (χ1) is 9.88. The van der Waals surface area contributed by atoms with Crippen LogP contribution in [0.2, 0.25) is 5.02 Å². The Morgan fingerprint density at radius 3 is 2.67 bits per heavy atom. The summed E-state index contributed by atoms with van der Waals surface area (Å²) in [6, 6.07) is 5.49. The first-order valence-corrected chi connectivity index (χ1v) is 8.05. The summed E-state index contributed by atoms with van der Waals surface area (Å²) in [6.07, 6.45) is 0. The van der Waals surface area contributed by atoms with Crippen molar-refractivity contribution < 1.29 is 9.53 Å². The van der Waals surface area contributed by atoms with Crippen LogP contribution >= 0.6 is 34.5 Å². The van der Waals surface area contributed by atoms with Crippen molar-refractivity contribution in [2.24, 2.45) is 5.92 Å². The van der Waals surface area contributed by atoms with Gasteiger partial charge in [0.2, 0.25) is 0 Å². The number of thiazole rings is 1. The van der Waals surface area contributed by atoms with Crippen molar-refractivity contribution in [3.63, 3.8) is 0 Å². The lowest BCUT2D eigenvalue weighted by molar-refractivity contribution is 0.108. The summed E-state index contributed by atoms with van der Waals surface area (Å²) in [6.45, 7) is 6.52. The van der Waals surface area contributed by atoms with E-state index in [0.717, 1.165) is 5.56 Å². The van der Waals surface area contributed by atoms with Crippen LogP contribution in [0.15, 0.2) is 18.2 Å². The minimum absolute atomic E-state index is 0.430. The molecule has 0 N–H and O–H groups in total.